The van der Waals surface area contributed by atoms with E-state index in [1.807, 2.05) is 31.2 Å². The van der Waals surface area contributed by atoms with E-state index >= 15 is 0 Å². The lowest BCUT2D eigenvalue weighted by atomic mass is 10.3. The summed E-state index contributed by atoms with van der Waals surface area (Å²) >= 11 is 1.41. The zero-order valence-corrected chi connectivity index (χ0v) is 12.2. The van der Waals surface area contributed by atoms with E-state index in [2.05, 4.69) is 10.9 Å². The monoisotopic (exact) mass is 294 g/mol. The minimum absolute atomic E-state index is 0.0917. The molecule has 20 heavy (non-hydrogen) atoms. The molecule has 108 valence electrons. The quantitative estimate of drug-likeness (QED) is 0.619. The first-order chi connectivity index (χ1) is 9.69. The predicted molar refractivity (Wildman–Crippen MR) is 77.3 cm³/mol. The van der Waals surface area contributed by atoms with Gasteiger partial charge in [0, 0.05) is 10.8 Å². The topological polar surface area (TPSA) is 67.4 Å². The molecule has 5 nitrogen and oxygen atoms in total. The van der Waals surface area contributed by atoms with Crippen molar-refractivity contribution in [2.45, 2.75) is 24.7 Å². The molecule has 1 aliphatic carbocycles. The van der Waals surface area contributed by atoms with Crippen LogP contribution in [0, 0.1) is 5.92 Å². The maximum Gasteiger partial charge on any atom is 0.248 e. The van der Waals surface area contributed by atoms with Crippen LogP contribution in [0.5, 0.6) is 5.75 Å². The van der Waals surface area contributed by atoms with Crippen LogP contribution in [0.3, 0.4) is 0 Å². The van der Waals surface area contributed by atoms with Gasteiger partial charge in [-0.25, -0.2) is 0 Å². The van der Waals surface area contributed by atoms with E-state index in [0.29, 0.717) is 6.61 Å². The molecule has 0 spiro atoms. The largest absolute Gasteiger partial charge is 0.494 e. The zero-order chi connectivity index (χ0) is 14.4. The number of nitrogens with one attached hydrogen (secondary N) is 2. The van der Waals surface area contributed by atoms with Crippen molar-refractivity contribution in [3.63, 3.8) is 0 Å². The number of carbonyl (C=O) groups is 2. The van der Waals surface area contributed by atoms with Crippen LogP contribution in [0.4, 0.5) is 0 Å². The third-order valence-corrected chi connectivity index (χ3v) is 3.79. The van der Waals surface area contributed by atoms with E-state index in [0.717, 1.165) is 23.5 Å². The maximum atomic E-state index is 11.6. The van der Waals surface area contributed by atoms with Gasteiger partial charge in [-0.1, -0.05) is 0 Å². The number of rotatable bonds is 6. The Morgan fingerprint density at radius 3 is 2.55 bits per heavy atom. The molecule has 0 aromatic heterocycles. The average molecular weight is 294 g/mol. The van der Waals surface area contributed by atoms with Crippen molar-refractivity contribution in [1.29, 1.82) is 0 Å². The summed E-state index contributed by atoms with van der Waals surface area (Å²) < 4.78 is 5.34. The lowest BCUT2D eigenvalue weighted by Gasteiger charge is -2.07. The summed E-state index contributed by atoms with van der Waals surface area (Å²) in [5.74, 6) is 0.869. The molecule has 0 heterocycles. The summed E-state index contributed by atoms with van der Waals surface area (Å²) in [5.41, 5.74) is 4.86. The van der Waals surface area contributed by atoms with Crippen LogP contribution in [0.1, 0.15) is 19.8 Å². The Kier molecular flexibility index (Phi) is 5.29. The van der Waals surface area contributed by atoms with Gasteiger partial charge < -0.3 is 4.74 Å². The molecule has 1 aromatic rings. The van der Waals surface area contributed by atoms with Crippen LogP contribution in [0.15, 0.2) is 29.2 Å². The van der Waals surface area contributed by atoms with Crippen LogP contribution in [0.25, 0.3) is 0 Å². The van der Waals surface area contributed by atoms with Crippen molar-refractivity contribution >= 4 is 23.6 Å². The van der Waals surface area contributed by atoms with Gasteiger partial charge in [0.1, 0.15) is 5.75 Å². The van der Waals surface area contributed by atoms with E-state index in [-0.39, 0.29) is 23.5 Å². The number of amides is 2. The second-order valence-corrected chi connectivity index (χ2v) is 5.55. The third-order valence-electron chi connectivity index (χ3n) is 2.78. The van der Waals surface area contributed by atoms with Gasteiger partial charge in [-0.2, -0.15) is 0 Å². The van der Waals surface area contributed by atoms with E-state index in [9.17, 15) is 9.59 Å². The molecule has 1 aliphatic rings. The highest BCUT2D eigenvalue weighted by Crippen LogP contribution is 2.28. The molecular weight excluding hydrogens is 276 g/mol. The molecule has 1 aromatic carbocycles. The Morgan fingerprint density at radius 2 is 1.95 bits per heavy atom. The van der Waals surface area contributed by atoms with Gasteiger partial charge in [0.05, 0.1) is 12.4 Å². The molecule has 0 saturated heterocycles. The molecule has 1 saturated carbocycles. The van der Waals surface area contributed by atoms with Crippen molar-refractivity contribution in [3.8, 4) is 5.75 Å². The van der Waals surface area contributed by atoms with Crippen molar-refractivity contribution in [2.24, 2.45) is 5.92 Å². The van der Waals surface area contributed by atoms with Gasteiger partial charge in [-0.15, -0.1) is 11.8 Å². The molecule has 0 aliphatic heterocycles. The Hall–Kier alpha value is -1.69. The van der Waals surface area contributed by atoms with Gasteiger partial charge >= 0.3 is 0 Å². The molecule has 0 unspecified atom stereocenters. The molecule has 1 fully saturated rings. The minimum Gasteiger partial charge on any atom is -0.494 e. The lowest BCUT2D eigenvalue weighted by Crippen LogP contribution is -2.43. The second kappa shape index (κ2) is 7.19. The first kappa shape index (κ1) is 14.7. The first-order valence-electron chi connectivity index (χ1n) is 6.63. The molecule has 0 radical (unpaired) electrons. The van der Waals surface area contributed by atoms with Crippen LogP contribution < -0.4 is 15.6 Å². The van der Waals surface area contributed by atoms with Crippen molar-refractivity contribution < 1.29 is 14.3 Å². The molecule has 6 heteroatoms. The standard InChI is InChI=1S/C14H18N2O3S/c1-2-19-11-5-7-12(8-6-11)20-9-13(17)15-16-14(18)10-3-4-10/h5-8,10H,2-4,9H2,1H3,(H,15,17)(H,16,18). The summed E-state index contributed by atoms with van der Waals surface area (Å²) in [6.45, 7) is 2.57. The van der Waals surface area contributed by atoms with Crippen molar-refractivity contribution in [2.75, 3.05) is 12.4 Å². The third kappa shape index (κ3) is 4.77. The Balaban J connectivity index is 1.68. The van der Waals surface area contributed by atoms with Crippen molar-refractivity contribution in [1.82, 2.24) is 10.9 Å². The van der Waals surface area contributed by atoms with E-state index in [1.54, 1.807) is 0 Å². The van der Waals surface area contributed by atoms with E-state index in [4.69, 9.17) is 4.74 Å². The fourth-order valence-electron chi connectivity index (χ4n) is 1.56. The van der Waals surface area contributed by atoms with Crippen LogP contribution in [0.2, 0.25) is 0 Å². The van der Waals surface area contributed by atoms with Gasteiger partial charge in [0.25, 0.3) is 0 Å². The molecule has 2 N–H and O–H groups in total. The Labute approximate surface area is 122 Å². The molecule has 0 atom stereocenters. The fraction of sp³-hybridized carbons (Fsp3) is 0.429. The lowest BCUT2D eigenvalue weighted by molar-refractivity contribution is -0.128. The van der Waals surface area contributed by atoms with E-state index < -0.39 is 0 Å². The van der Waals surface area contributed by atoms with Crippen LogP contribution in [-0.4, -0.2) is 24.2 Å². The smallest absolute Gasteiger partial charge is 0.248 e. The second-order valence-electron chi connectivity index (χ2n) is 4.50. The maximum absolute atomic E-state index is 11.6. The Morgan fingerprint density at radius 1 is 1.25 bits per heavy atom. The highest BCUT2D eigenvalue weighted by molar-refractivity contribution is 8.00. The zero-order valence-electron chi connectivity index (χ0n) is 11.3. The molecule has 2 amide bonds. The number of carbonyl (C=O) groups excluding carboxylic acids is 2. The number of hydrogen-bond donors (Lipinski definition) is 2. The highest BCUT2D eigenvalue weighted by Gasteiger charge is 2.29. The summed E-state index contributed by atoms with van der Waals surface area (Å²) in [6, 6.07) is 7.56. The van der Waals surface area contributed by atoms with Gasteiger partial charge in [0.2, 0.25) is 11.8 Å². The number of benzene rings is 1. The number of hydrogen-bond acceptors (Lipinski definition) is 4. The highest BCUT2D eigenvalue weighted by atomic mass is 32.2. The summed E-state index contributed by atoms with van der Waals surface area (Å²) in [6.07, 6.45) is 1.84. The summed E-state index contributed by atoms with van der Waals surface area (Å²) in [4.78, 5) is 23.9. The van der Waals surface area contributed by atoms with Crippen molar-refractivity contribution in [3.05, 3.63) is 24.3 Å². The molecule has 0 bridgehead atoms. The van der Waals surface area contributed by atoms with Gasteiger partial charge in [-0.3, -0.25) is 20.4 Å². The molecule has 2 rings (SSSR count). The molecular formula is C14H18N2O3S. The number of thioether (sulfide) groups is 1. The van der Waals surface area contributed by atoms with Crippen LogP contribution in [-0.2, 0) is 9.59 Å². The average Bonchev–Trinajstić information content (AvgIpc) is 3.29. The SMILES string of the molecule is CCOc1ccc(SCC(=O)NNC(=O)C2CC2)cc1. The predicted octanol–water partition coefficient (Wildman–Crippen LogP) is 1.73. The minimum atomic E-state index is -0.210. The summed E-state index contributed by atoms with van der Waals surface area (Å²) in [5, 5.41) is 0. The fourth-order valence-corrected chi connectivity index (χ4v) is 2.26. The normalized spacial score (nSPS) is 13.7. The van der Waals surface area contributed by atoms with Crippen LogP contribution >= 0.6 is 11.8 Å². The van der Waals surface area contributed by atoms with Gasteiger partial charge in [-0.05, 0) is 44.0 Å². The first-order valence-corrected chi connectivity index (χ1v) is 7.62. The van der Waals surface area contributed by atoms with E-state index in [1.165, 1.54) is 11.8 Å². The van der Waals surface area contributed by atoms with Gasteiger partial charge in [0.15, 0.2) is 0 Å². The summed E-state index contributed by atoms with van der Waals surface area (Å²) in [7, 11) is 0. The Bertz CT molecular complexity index is 472. The number of hydrazine groups is 1. The number of ether oxygens (including phenoxy) is 1.